The van der Waals surface area contributed by atoms with Crippen molar-refractivity contribution in [3.8, 4) is 6.07 Å². The Morgan fingerprint density at radius 3 is 2.33 bits per heavy atom. The Bertz CT molecular complexity index is 1670. The van der Waals surface area contributed by atoms with Gasteiger partial charge in [0.05, 0.1) is 17.1 Å². The lowest BCUT2D eigenvalue weighted by atomic mass is 10.0. The van der Waals surface area contributed by atoms with Crippen molar-refractivity contribution in [1.29, 1.82) is 5.26 Å². The third-order valence-electron chi connectivity index (χ3n) is 7.47. The van der Waals surface area contributed by atoms with Crippen molar-refractivity contribution in [3.05, 3.63) is 97.7 Å². The van der Waals surface area contributed by atoms with Crippen LogP contribution in [-0.2, 0) is 17.9 Å². The van der Waals surface area contributed by atoms with Gasteiger partial charge in [-0.3, -0.25) is 19.1 Å². The molecule has 0 unspecified atom stereocenters. The lowest BCUT2D eigenvalue weighted by molar-refractivity contribution is -0.122. The lowest BCUT2D eigenvalue weighted by Crippen LogP contribution is -2.49. The molecule has 5 rings (SSSR count). The highest BCUT2D eigenvalue weighted by Crippen LogP contribution is 2.37. The van der Waals surface area contributed by atoms with Crippen molar-refractivity contribution in [3.63, 3.8) is 0 Å². The number of pyridine rings is 1. The second-order valence-corrected chi connectivity index (χ2v) is 11.8. The maximum absolute atomic E-state index is 14.5. The molecule has 2 fully saturated rings. The van der Waals surface area contributed by atoms with E-state index < -0.39 is 0 Å². The molecular weight excluding hydrogens is 577 g/mol. The molecule has 1 amide bonds. The van der Waals surface area contributed by atoms with Crippen LogP contribution in [0.25, 0.3) is 6.08 Å². The van der Waals surface area contributed by atoms with Crippen LogP contribution in [0.1, 0.15) is 35.6 Å². The van der Waals surface area contributed by atoms with Gasteiger partial charge in [0.2, 0.25) is 0 Å². The zero-order valence-corrected chi connectivity index (χ0v) is 24.9. The van der Waals surface area contributed by atoms with E-state index in [1.807, 2.05) is 11.8 Å². The number of piperazine rings is 1. The fourth-order valence-corrected chi connectivity index (χ4v) is 6.56. The van der Waals surface area contributed by atoms with Crippen molar-refractivity contribution in [2.24, 2.45) is 0 Å². The summed E-state index contributed by atoms with van der Waals surface area (Å²) in [5.74, 6) is -0.310. The summed E-state index contributed by atoms with van der Waals surface area (Å²) in [7, 11) is 0. The van der Waals surface area contributed by atoms with Gasteiger partial charge in [-0.05, 0) is 54.8 Å². The molecule has 0 N–H and O–H groups in total. The molecular formula is C31H29F2N5O2S2. The van der Waals surface area contributed by atoms with Crippen LogP contribution in [0.15, 0.2) is 58.2 Å². The molecule has 1 aromatic heterocycles. The highest BCUT2D eigenvalue weighted by atomic mass is 32.2. The van der Waals surface area contributed by atoms with Crippen molar-refractivity contribution < 1.29 is 13.6 Å². The van der Waals surface area contributed by atoms with E-state index >= 15 is 0 Å². The monoisotopic (exact) mass is 605 g/mol. The summed E-state index contributed by atoms with van der Waals surface area (Å²) >= 11 is 6.69. The normalized spacial score (nSPS) is 16.5. The Morgan fingerprint density at radius 1 is 1.02 bits per heavy atom. The summed E-state index contributed by atoms with van der Waals surface area (Å²) < 4.78 is 29.9. The van der Waals surface area contributed by atoms with Gasteiger partial charge in [0.1, 0.15) is 33.4 Å². The predicted molar refractivity (Wildman–Crippen MR) is 166 cm³/mol. The highest BCUT2D eigenvalue weighted by Gasteiger charge is 2.34. The standard InChI is InChI=1S/C31H29F2N5O2S2/c1-3-12-37-28(36-15-13-35(14-16-36)26-7-5-4-6-25(26)33)23(20(2)24(18-34)29(37)39)17-27-30(40)38(31(41)42-27)19-21-8-10-22(32)11-9-21/h4-11,17H,3,12-16,19H2,1-2H3/b27-17-. The molecule has 3 aromatic rings. The number of aromatic nitrogens is 1. The fraction of sp³-hybridized carbons (Fsp3) is 0.290. The van der Waals surface area contributed by atoms with Crippen LogP contribution < -0.4 is 15.4 Å². The Labute approximate surface area is 252 Å². The topological polar surface area (TPSA) is 72.6 Å². The molecule has 11 heteroatoms. The molecule has 3 heterocycles. The number of amides is 1. The summed E-state index contributed by atoms with van der Waals surface area (Å²) in [6, 6.07) is 14.6. The second kappa shape index (κ2) is 12.5. The van der Waals surface area contributed by atoms with E-state index in [1.54, 1.807) is 47.9 Å². The summed E-state index contributed by atoms with van der Waals surface area (Å²) in [6.45, 7) is 6.34. The predicted octanol–water partition coefficient (Wildman–Crippen LogP) is 5.44. The zero-order valence-electron chi connectivity index (χ0n) is 23.3. The van der Waals surface area contributed by atoms with Crippen LogP contribution in [0, 0.1) is 29.9 Å². The number of thiocarbonyl (C=S) groups is 1. The quantitative estimate of drug-likeness (QED) is 0.262. The van der Waals surface area contributed by atoms with Gasteiger partial charge < -0.3 is 9.80 Å². The van der Waals surface area contributed by atoms with E-state index in [9.17, 15) is 23.6 Å². The SMILES string of the molecule is CCCn1c(N2CCN(c3ccccc3F)CC2)c(/C=C2\SC(=S)N(Cc3ccc(F)cc3)C2=O)c(C)c(C#N)c1=O. The summed E-state index contributed by atoms with van der Waals surface area (Å²) in [6.07, 6.45) is 2.39. The number of hydrogen-bond acceptors (Lipinski definition) is 7. The lowest BCUT2D eigenvalue weighted by Gasteiger charge is -2.39. The molecule has 2 aliphatic heterocycles. The number of para-hydroxylation sites is 1. The first-order chi connectivity index (χ1) is 20.2. The van der Waals surface area contributed by atoms with Crippen molar-refractivity contribution in [2.75, 3.05) is 36.0 Å². The minimum Gasteiger partial charge on any atom is -0.366 e. The van der Waals surface area contributed by atoms with Gasteiger partial charge in [-0.2, -0.15) is 5.26 Å². The Kier molecular flexibility index (Phi) is 8.75. The van der Waals surface area contributed by atoms with E-state index in [1.165, 1.54) is 23.1 Å². The third kappa shape index (κ3) is 5.69. The smallest absolute Gasteiger partial charge is 0.270 e. The molecule has 2 saturated heterocycles. The van der Waals surface area contributed by atoms with Gasteiger partial charge in [0.15, 0.2) is 0 Å². The molecule has 42 heavy (non-hydrogen) atoms. The van der Waals surface area contributed by atoms with Gasteiger partial charge in [-0.15, -0.1) is 0 Å². The molecule has 0 aliphatic carbocycles. The molecule has 0 radical (unpaired) electrons. The average molecular weight is 606 g/mol. The number of thioether (sulfide) groups is 1. The average Bonchev–Trinajstić information content (AvgIpc) is 3.25. The number of nitriles is 1. The van der Waals surface area contributed by atoms with Crippen molar-refractivity contribution in [1.82, 2.24) is 9.47 Å². The van der Waals surface area contributed by atoms with Gasteiger partial charge in [0, 0.05) is 38.3 Å². The maximum atomic E-state index is 14.5. The molecule has 0 atom stereocenters. The number of benzene rings is 2. The molecule has 0 saturated carbocycles. The van der Waals surface area contributed by atoms with Crippen LogP contribution >= 0.6 is 24.0 Å². The molecule has 2 aliphatic rings. The first-order valence-electron chi connectivity index (χ1n) is 13.6. The van der Waals surface area contributed by atoms with E-state index in [-0.39, 0.29) is 35.2 Å². The molecule has 7 nitrogen and oxygen atoms in total. The van der Waals surface area contributed by atoms with Crippen LogP contribution in [0.5, 0.6) is 0 Å². The largest absolute Gasteiger partial charge is 0.366 e. The van der Waals surface area contributed by atoms with Crippen molar-refractivity contribution >= 4 is 51.8 Å². The Morgan fingerprint density at radius 2 is 1.69 bits per heavy atom. The number of hydrogen-bond donors (Lipinski definition) is 0. The number of rotatable bonds is 7. The van der Waals surface area contributed by atoms with Gasteiger partial charge >= 0.3 is 0 Å². The first-order valence-corrected chi connectivity index (χ1v) is 14.9. The minimum absolute atomic E-state index is 0.0326. The van der Waals surface area contributed by atoms with Crippen LogP contribution in [0.4, 0.5) is 20.3 Å². The van der Waals surface area contributed by atoms with Crippen LogP contribution in [-0.4, -0.2) is 45.9 Å². The fourth-order valence-electron chi connectivity index (χ4n) is 5.32. The van der Waals surface area contributed by atoms with E-state index in [0.29, 0.717) is 71.0 Å². The van der Waals surface area contributed by atoms with E-state index in [4.69, 9.17) is 12.2 Å². The summed E-state index contributed by atoms with van der Waals surface area (Å²) in [4.78, 5) is 32.9. The second-order valence-electron chi connectivity index (χ2n) is 10.1. The number of carbonyl (C=O) groups excluding carboxylic acids is 1. The highest BCUT2D eigenvalue weighted by molar-refractivity contribution is 8.26. The zero-order chi connectivity index (χ0) is 30.0. The van der Waals surface area contributed by atoms with Gasteiger partial charge in [-0.1, -0.05) is 55.2 Å². The molecule has 2 aromatic carbocycles. The molecule has 216 valence electrons. The number of carbonyl (C=O) groups is 1. The van der Waals surface area contributed by atoms with E-state index in [2.05, 4.69) is 11.0 Å². The molecule has 0 bridgehead atoms. The van der Waals surface area contributed by atoms with Gasteiger partial charge in [0.25, 0.3) is 11.5 Å². The number of anilines is 2. The molecule has 0 spiro atoms. The van der Waals surface area contributed by atoms with E-state index in [0.717, 1.165) is 17.3 Å². The third-order valence-corrected chi connectivity index (χ3v) is 8.85. The Balaban J connectivity index is 1.53. The maximum Gasteiger partial charge on any atom is 0.270 e. The van der Waals surface area contributed by atoms with Crippen LogP contribution in [0.2, 0.25) is 0 Å². The van der Waals surface area contributed by atoms with Crippen molar-refractivity contribution in [2.45, 2.75) is 33.4 Å². The van der Waals surface area contributed by atoms with Gasteiger partial charge in [-0.25, -0.2) is 8.78 Å². The number of nitrogens with zero attached hydrogens (tertiary/aromatic N) is 5. The summed E-state index contributed by atoms with van der Waals surface area (Å²) in [5.41, 5.74) is 2.03. The summed E-state index contributed by atoms with van der Waals surface area (Å²) in [5, 5.41) is 9.92. The Hall–Kier alpha value is -4.01. The van der Waals surface area contributed by atoms with Crippen LogP contribution in [0.3, 0.4) is 0 Å². The number of halogens is 2. The minimum atomic E-state index is -0.371. The first kappa shape index (κ1) is 29.5.